The minimum Gasteiger partial charge on any atom is -0.507 e. The van der Waals surface area contributed by atoms with Crippen LogP contribution >= 0.6 is 0 Å². The molecule has 0 aliphatic carbocycles. The second kappa shape index (κ2) is 8.26. The number of aliphatic hydroxyl groups excluding tert-OH is 1. The van der Waals surface area contributed by atoms with Gasteiger partial charge in [-0.3, -0.25) is 14.5 Å². The molecule has 1 N–H and O–H groups in total. The highest BCUT2D eigenvalue weighted by atomic mass is 19.1. The molecule has 0 saturated carbocycles. The van der Waals surface area contributed by atoms with Gasteiger partial charge in [0.2, 0.25) is 0 Å². The molecule has 3 aromatic carbocycles. The normalized spacial score (nSPS) is 17.6. The first-order valence-corrected chi connectivity index (χ1v) is 9.79. The van der Waals surface area contributed by atoms with Crippen molar-refractivity contribution in [3.05, 3.63) is 101 Å². The Morgan fingerprint density at radius 1 is 1.00 bits per heavy atom. The van der Waals surface area contributed by atoms with Crippen LogP contribution in [0.15, 0.2) is 72.3 Å². The van der Waals surface area contributed by atoms with E-state index in [4.69, 9.17) is 4.74 Å². The number of benzene rings is 3. The number of rotatable bonds is 4. The van der Waals surface area contributed by atoms with Gasteiger partial charge in [-0.15, -0.1) is 0 Å². The molecule has 1 atom stereocenters. The van der Waals surface area contributed by atoms with E-state index >= 15 is 0 Å². The lowest BCUT2D eigenvalue weighted by Gasteiger charge is -2.26. The number of Topliss-reactive ketones (excluding diaryl/α,β-unsaturated/α-hetero) is 1. The molecule has 1 unspecified atom stereocenters. The van der Waals surface area contributed by atoms with Crippen molar-refractivity contribution >= 4 is 23.1 Å². The van der Waals surface area contributed by atoms with Crippen LogP contribution in [0.4, 0.5) is 14.5 Å². The Labute approximate surface area is 183 Å². The van der Waals surface area contributed by atoms with Crippen molar-refractivity contribution in [2.75, 3.05) is 12.0 Å². The molecule has 0 aromatic heterocycles. The number of nitrogens with zero attached hydrogens (tertiary/aromatic N) is 1. The number of ether oxygens (including phenoxy) is 1. The van der Waals surface area contributed by atoms with Crippen LogP contribution in [0.3, 0.4) is 0 Å². The van der Waals surface area contributed by atoms with E-state index in [9.17, 15) is 23.5 Å². The van der Waals surface area contributed by atoms with E-state index in [0.717, 1.165) is 22.6 Å². The van der Waals surface area contributed by atoms with Crippen molar-refractivity contribution in [2.24, 2.45) is 0 Å². The van der Waals surface area contributed by atoms with Gasteiger partial charge in [0.25, 0.3) is 11.7 Å². The lowest BCUT2D eigenvalue weighted by Crippen LogP contribution is -2.29. The van der Waals surface area contributed by atoms with Gasteiger partial charge in [0.05, 0.1) is 24.3 Å². The van der Waals surface area contributed by atoms with Crippen molar-refractivity contribution in [1.82, 2.24) is 0 Å². The first-order chi connectivity index (χ1) is 15.3. The predicted molar refractivity (Wildman–Crippen MR) is 115 cm³/mol. The van der Waals surface area contributed by atoms with Crippen LogP contribution < -0.4 is 9.64 Å². The third kappa shape index (κ3) is 3.51. The molecule has 0 bridgehead atoms. The van der Waals surface area contributed by atoms with E-state index in [0.29, 0.717) is 5.69 Å². The van der Waals surface area contributed by atoms with Crippen LogP contribution in [-0.4, -0.2) is 23.9 Å². The number of aryl methyl sites for hydroxylation is 1. The Morgan fingerprint density at radius 3 is 2.44 bits per heavy atom. The molecule has 1 aliphatic rings. The molecule has 1 amide bonds. The first-order valence-electron chi connectivity index (χ1n) is 9.79. The van der Waals surface area contributed by atoms with Gasteiger partial charge < -0.3 is 9.84 Å². The summed E-state index contributed by atoms with van der Waals surface area (Å²) in [4.78, 5) is 27.3. The summed E-state index contributed by atoms with van der Waals surface area (Å²) in [6.07, 6.45) is 0. The maximum absolute atomic E-state index is 14.9. The van der Waals surface area contributed by atoms with Crippen LogP contribution in [0.1, 0.15) is 22.7 Å². The summed E-state index contributed by atoms with van der Waals surface area (Å²) in [5, 5.41) is 11.1. The molecule has 162 valence electrons. The molecular weight excluding hydrogens is 416 g/mol. The average Bonchev–Trinajstić information content (AvgIpc) is 3.04. The maximum atomic E-state index is 14.9. The molecule has 4 rings (SSSR count). The molecule has 1 saturated heterocycles. The van der Waals surface area contributed by atoms with Crippen LogP contribution in [0, 0.1) is 18.6 Å². The van der Waals surface area contributed by atoms with Gasteiger partial charge in [0.1, 0.15) is 23.1 Å². The van der Waals surface area contributed by atoms with Gasteiger partial charge in [-0.05, 0) is 48.9 Å². The number of halogens is 2. The van der Waals surface area contributed by atoms with Crippen molar-refractivity contribution in [3.8, 4) is 5.75 Å². The lowest BCUT2D eigenvalue weighted by atomic mass is 9.94. The molecule has 1 aliphatic heterocycles. The van der Waals surface area contributed by atoms with Gasteiger partial charge >= 0.3 is 0 Å². The number of methoxy groups -OCH3 is 1. The Morgan fingerprint density at radius 2 is 1.75 bits per heavy atom. The van der Waals surface area contributed by atoms with E-state index in [1.54, 1.807) is 24.3 Å². The lowest BCUT2D eigenvalue weighted by molar-refractivity contribution is -0.132. The van der Waals surface area contributed by atoms with Crippen molar-refractivity contribution < 1.29 is 28.2 Å². The molecule has 0 spiro atoms. The molecule has 0 radical (unpaired) electrons. The Bertz CT molecular complexity index is 1270. The van der Waals surface area contributed by atoms with Crippen LogP contribution in [0.2, 0.25) is 0 Å². The van der Waals surface area contributed by atoms with Gasteiger partial charge in [-0.2, -0.15) is 0 Å². The monoisotopic (exact) mass is 435 g/mol. The third-order valence-corrected chi connectivity index (χ3v) is 5.34. The molecule has 7 heteroatoms. The van der Waals surface area contributed by atoms with E-state index < -0.39 is 35.1 Å². The van der Waals surface area contributed by atoms with E-state index in [-0.39, 0.29) is 22.4 Å². The second-order valence-corrected chi connectivity index (χ2v) is 7.37. The minimum atomic E-state index is -1.26. The fraction of sp³-hybridized carbons (Fsp3) is 0.120. The largest absolute Gasteiger partial charge is 0.507 e. The third-order valence-electron chi connectivity index (χ3n) is 5.34. The fourth-order valence-corrected chi connectivity index (χ4v) is 3.88. The Balaban J connectivity index is 2.02. The highest BCUT2D eigenvalue weighted by Crippen LogP contribution is 2.44. The highest BCUT2D eigenvalue weighted by Gasteiger charge is 2.48. The molecule has 5 nitrogen and oxygen atoms in total. The number of amides is 1. The van der Waals surface area contributed by atoms with E-state index in [2.05, 4.69) is 0 Å². The average molecular weight is 435 g/mol. The quantitative estimate of drug-likeness (QED) is 0.359. The molecule has 1 heterocycles. The topological polar surface area (TPSA) is 66.8 Å². The smallest absolute Gasteiger partial charge is 0.300 e. The summed E-state index contributed by atoms with van der Waals surface area (Å²) in [6.45, 7) is 1.82. The number of carbonyl (C=O) groups is 2. The number of anilines is 1. The zero-order valence-corrected chi connectivity index (χ0v) is 17.3. The number of aliphatic hydroxyl groups is 1. The van der Waals surface area contributed by atoms with Crippen molar-refractivity contribution in [2.45, 2.75) is 13.0 Å². The number of ketones is 1. The summed E-state index contributed by atoms with van der Waals surface area (Å²) in [5.74, 6) is -3.83. The standard InChI is InChI=1S/C25H19F2NO4/c1-14-6-5-7-16(12-14)28-22(17-8-3-4-9-19(17)27)21(24(30)25(28)31)23(29)18-13-15(26)10-11-20(18)32-2/h3-13,22,29H,1-2H3/b23-21+. The predicted octanol–water partition coefficient (Wildman–Crippen LogP) is 4.91. The summed E-state index contributed by atoms with van der Waals surface area (Å²) >= 11 is 0. The van der Waals surface area contributed by atoms with Crippen molar-refractivity contribution in [3.63, 3.8) is 0 Å². The Hall–Kier alpha value is -4.00. The molecule has 1 fully saturated rings. The zero-order valence-electron chi connectivity index (χ0n) is 17.3. The molecule has 3 aromatic rings. The van der Waals surface area contributed by atoms with Crippen LogP contribution in [0.5, 0.6) is 5.75 Å². The fourth-order valence-electron chi connectivity index (χ4n) is 3.88. The summed E-state index contributed by atoms with van der Waals surface area (Å²) in [7, 11) is 1.32. The summed E-state index contributed by atoms with van der Waals surface area (Å²) in [6, 6.07) is 14.7. The van der Waals surface area contributed by atoms with Gasteiger partial charge in [0, 0.05) is 11.3 Å². The number of carbonyl (C=O) groups excluding carboxylic acids is 2. The molecule has 32 heavy (non-hydrogen) atoms. The summed E-state index contributed by atoms with van der Waals surface area (Å²) in [5.41, 5.74) is 0.737. The molecular formula is C25H19F2NO4. The van der Waals surface area contributed by atoms with E-state index in [1.165, 1.54) is 31.4 Å². The first kappa shape index (κ1) is 21.2. The number of hydrogen-bond acceptors (Lipinski definition) is 4. The van der Waals surface area contributed by atoms with Gasteiger partial charge in [0.15, 0.2) is 0 Å². The van der Waals surface area contributed by atoms with Crippen LogP contribution in [-0.2, 0) is 9.59 Å². The SMILES string of the molecule is COc1ccc(F)cc1/C(O)=C1\C(=O)C(=O)N(c2cccc(C)c2)C1c1ccccc1F. The van der Waals surface area contributed by atoms with Gasteiger partial charge in [-0.25, -0.2) is 8.78 Å². The van der Waals surface area contributed by atoms with Crippen molar-refractivity contribution in [1.29, 1.82) is 0 Å². The van der Waals surface area contributed by atoms with Gasteiger partial charge in [-0.1, -0.05) is 30.3 Å². The maximum Gasteiger partial charge on any atom is 0.300 e. The number of hydrogen-bond donors (Lipinski definition) is 1. The second-order valence-electron chi connectivity index (χ2n) is 7.37. The Kier molecular flexibility index (Phi) is 5.48. The van der Waals surface area contributed by atoms with Crippen LogP contribution in [0.25, 0.3) is 5.76 Å². The highest BCUT2D eigenvalue weighted by molar-refractivity contribution is 6.51. The summed E-state index contributed by atoms with van der Waals surface area (Å²) < 4.78 is 34.0. The minimum absolute atomic E-state index is 0.0186. The zero-order chi connectivity index (χ0) is 23.0. The van der Waals surface area contributed by atoms with E-state index in [1.807, 2.05) is 13.0 Å².